The summed E-state index contributed by atoms with van der Waals surface area (Å²) in [6.07, 6.45) is 0.939. The van der Waals surface area contributed by atoms with E-state index in [0.717, 1.165) is 6.42 Å². The smallest absolute Gasteiger partial charge is 0.339 e. The molecular weight excluding hydrogens is 378 g/mol. The zero-order chi connectivity index (χ0) is 19.2. The fourth-order valence-corrected chi connectivity index (χ4v) is 3.42. The molecule has 2 rings (SSSR count). The minimum absolute atomic E-state index is 0.00990. The summed E-state index contributed by atoms with van der Waals surface area (Å²) >= 11 is 5.90. The number of hydrogen-bond donors (Lipinski definition) is 1. The molecule has 0 aliphatic rings. The summed E-state index contributed by atoms with van der Waals surface area (Å²) in [5.41, 5.74) is 1.19. The van der Waals surface area contributed by atoms with Crippen LogP contribution < -0.4 is 9.46 Å². The van der Waals surface area contributed by atoms with E-state index < -0.39 is 16.0 Å². The maximum atomic E-state index is 12.3. The van der Waals surface area contributed by atoms with E-state index in [4.69, 9.17) is 16.3 Å². The third-order valence-corrected chi connectivity index (χ3v) is 5.44. The molecule has 0 amide bonds. The zero-order valence-electron chi connectivity index (χ0n) is 14.5. The molecule has 0 saturated heterocycles. The van der Waals surface area contributed by atoms with Gasteiger partial charge in [-0.1, -0.05) is 30.7 Å². The van der Waals surface area contributed by atoms with Crippen LogP contribution in [0.15, 0.2) is 47.4 Å². The molecule has 0 unspecified atom stereocenters. The molecule has 2 aromatic carbocycles. The van der Waals surface area contributed by atoms with Crippen LogP contribution in [0.4, 0.5) is 0 Å². The highest BCUT2D eigenvalue weighted by Gasteiger charge is 2.18. The lowest BCUT2D eigenvalue weighted by Crippen LogP contribution is -2.28. The van der Waals surface area contributed by atoms with Crippen molar-refractivity contribution in [2.24, 2.45) is 0 Å². The Morgan fingerprint density at radius 2 is 1.85 bits per heavy atom. The van der Waals surface area contributed by atoms with Gasteiger partial charge < -0.3 is 9.47 Å². The first kappa shape index (κ1) is 20.2. The van der Waals surface area contributed by atoms with Crippen molar-refractivity contribution in [3.8, 4) is 5.75 Å². The molecule has 0 aliphatic carbocycles. The molecule has 0 bridgehead atoms. The van der Waals surface area contributed by atoms with E-state index in [9.17, 15) is 13.2 Å². The van der Waals surface area contributed by atoms with Gasteiger partial charge in [0.25, 0.3) is 0 Å². The standard InChI is InChI=1S/C18H20ClNO5S/c1-3-13-4-6-14(7-5-13)25-11-10-20-26(22,23)15-8-9-17(19)16(12-15)18(21)24-2/h4-9,12,20H,3,10-11H2,1-2H3. The first-order valence-electron chi connectivity index (χ1n) is 7.96. The second kappa shape index (κ2) is 9.02. The zero-order valence-corrected chi connectivity index (χ0v) is 16.1. The van der Waals surface area contributed by atoms with Gasteiger partial charge in [-0.25, -0.2) is 17.9 Å². The van der Waals surface area contributed by atoms with Crippen LogP contribution in [0, 0.1) is 0 Å². The molecule has 0 aromatic heterocycles. The van der Waals surface area contributed by atoms with Gasteiger partial charge in [0.15, 0.2) is 0 Å². The second-order valence-corrected chi connectivity index (χ2v) is 7.55. The summed E-state index contributed by atoms with van der Waals surface area (Å²) in [6.45, 7) is 2.31. The maximum absolute atomic E-state index is 12.3. The Bertz CT molecular complexity index is 866. The van der Waals surface area contributed by atoms with Crippen LogP contribution in [0.1, 0.15) is 22.8 Å². The normalized spacial score (nSPS) is 11.2. The molecule has 26 heavy (non-hydrogen) atoms. The molecule has 0 saturated carbocycles. The Balaban J connectivity index is 1.97. The number of methoxy groups -OCH3 is 1. The summed E-state index contributed by atoms with van der Waals surface area (Å²) in [5, 5.41) is 0.120. The lowest BCUT2D eigenvalue weighted by molar-refractivity contribution is 0.0600. The molecular formula is C18H20ClNO5S. The predicted molar refractivity (Wildman–Crippen MR) is 99.3 cm³/mol. The Kier molecular flexibility index (Phi) is 7.02. The van der Waals surface area contributed by atoms with Crippen molar-refractivity contribution in [3.05, 3.63) is 58.6 Å². The third-order valence-electron chi connectivity index (χ3n) is 3.65. The SMILES string of the molecule is CCc1ccc(OCCNS(=O)(=O)c2ccc(Cl)c(C(=O)OC)c2)cc1. The predicted octanol–water partition coefficient (Wildman–Crippen LogP) is 3.05. The number of benzene rings is 2. The number of rotatable bonds is 8. The fraction of sp³-hybridized carbons (Fsp3) is 0.278. The summed E-state index contributed by atoms with van der Waals surface area (Å²) in [6, 6.07) is 11.4. The van der Waals surface area contributed by atoms with Gasteiger partial charge >= 0.3 is 5.97 Å². The molecule has 140 valence electrons. The molecule has 8 heteroatoms. The van der Waals surface area contributed by atoms with Gasteiger partial charge in [-0.15, -0.1) is 0 Å². The topological polar surface area (TPSA) is 81.7 Å². The van der Waals surface area contributed by atoms with Gasteiger partial charge in [0.05, 0.1) is 22.6 Å². The minimum Gasteiger partial charge on any atom is -0.492 e. The fourth-order valence-electron chi connectivity index (χ4n) is 2.19. The van der Waals surface area contributed by atoms with Crippen molar-refractivity contribution >= 4 is 27.6 Å². The van der Waals surface area contributed by atoms with Crippen molar-refractivity contribution in [2.45, 2.75) is 18.2 Å². The number of esters is 1. The third kappa shape index (κ3) is 5.20. The van der Waals surface area contributed by atoms with Gasteiger partial charge in [-0.3, -0.25) is 0 Å². The Morgan fingerprint density at radius 1 is 1.15 bits per heavy atom. The van der Waals surface area contributed by atoms with Crippen molar-refractivity contribution in [1.82, 2.24) is 4.72 Å². The Morgan fingerprint density at radius 3 is 2.46 bits per heavy atom. The Hall–Kier alpha value is -2.09. The number of carbonyl (C=O) groups excluding carboxylic acids is 1. The highest BCUT2D eigenvalue weighted by molar-refractivity contribution is 7.89. The first-order valence-corrected chi connectivity index (χ1v) is 9.82. The van der Waals surface area contributed by atoms with E-state index >= 15 is 0 Å². The van der Waals surface area contributed by atoms with Crippen LogP contribution in [-0.4, -0.2) is 34.6 Å². The van der Waals surface area contributed by atoms with Crippen LogP contribution in [0.3, 0.4) is 0 Å². The molecule has 0 atom stereocenters. The molecule has 1 N–H and O–H groups in total. The largest absolute Gasteiger partial charge is 0.492 e. The van der Waals surface area contributed by atoms with E-state index in [1.54, 1.807) is 0 Å². The van der Waals surface area contributed by atoms with E-state index in [1.807, 2.05) is 24.3 Å². The molecule has 0 radical (unpaired) electrons. The van der Waals surface area contributed by atoms with Gasteiger partial charge in [0.1, 0.15) is 12.4 Å². The van der Waals surface area contributed by atoms with Crippen LogP contribution >= 0.6 is 11.6 Å². The van der Waals surface area contributed by atoms with Gasteiger partial charge in [-0.2, -0.15) is 0 Å². The summed E-state index contributed by atoms with van der Waals surface area (Å²) in [4.78, 5) is 11.6. The minimum atomic E-state index is -3.80. The molecule has 0 heterocycles. The summed E-state index contributed by atoms with van der Waals surface area (Å²) in [5.74, 6) is -0.0354. The van der Waals surface area contributed by atoms with Crippen LogP contribution in [0.5, 0.6) is 5.75 Å². The molecule has 2 aromatic rings. The van der Waals surface area contributed by atoms with Crippen molar-refractivity contribution in [1.29, 1.82) is 0 Å². The van der Waals surface area contributed by atoms with Gasteiger partial charge in [0, 0.05) is 6.54 Å². The lowest BCUT2D eigenvalue weighted by Gasteiger charge is -2.10. The highest BCUT2D eigenvalue weighted by atomic mass is 35.5. The molecule has 6 nitrogen and oxygen atoms in total. The first-order chi connectivity index (χ1) is 12.4. The summed E-state index contributed by atoms with van der Waals surface area (Å²) in [7, 11) is -2.61. The highest BCUT2D eigenvalue weighted by Crippen LogP contribution is 2.21. The van der Waals surface area contributed by atoms with E-state index in [-0.39, 0.29) is 28.6 Å². The molecule has 0 spiro atoms. The maximum Gasteiger partial charge on any atom is 0.339 e. The number of aryl methyl sites for hydroxylation is 1. The Labute approximate surface area is 158 Å². The number of ether oxygens (including phenoxy) is 2. The number of hydrogen-bond acceptors (Lipinski definition) is 5. The van der Waals surface area contributed by atoms with Crippen LogP contribution in [0.25, 0.3) is 0 Å². The number of halogens is 1. The summed E-state index contributed by atoms with van der Waals surface area (Å²) < 4.78 is 37.2. The van der Waals surface area contributed by atoms with Crippen LogP contribution in [-0.2, 0) is 21.2 Å². The second-order valence-electron chi connectivity index (χ2n) is 5.38. The molecule has 0 aliphatic heterocycles. The van der Waals surface area contributed by atoms with Crippen molar-refractivity contribution in [3.63, 3.8) is 0 Å². The van der Waals surface area contributed by atoms with E-state index in [2.05, 4.69) is 16.4 Å². The van der Waals surface area contributed by atoms with Gasteiger partial charge in [-0.05, 0) is 42.3 Å². The average Bonchev–Trinajstić information content (AvgIpc) is 2.65. The van der Waals surface area contributed by atoms with E-state index in [1.165, 1.54) is 30.9 Å². The van der Waals surface area contributed by atoms with E-state index in [0.29, 0.717) is 5.75 Å². The lowest BCUT2D eigenvalue weighted by atomic mass is 10.2. The van der Waals surface area contributed by atoms with Crippen LogP contribution in [0.2, 0.25) is 5.02 Å². The monoisotopic (exact) mass is 397 g/mol. The number of carbonyl (C=O) groups is 1. The number of sulfonamides is 1. The number of nitrogens with one attached hydrogen (secondary N) is 1. The van der Waals surface area contributed by atoms with Crippen molar-refractivity contribution in [2.75, 3.05) is 20.3 Å². The molecule has 0 fully saturated rings. The van der Waals surface area contributed by atoms with Crippen molar-refractivity contribution < 1.29 is 22.7 Å². The quantitative estimate of drug-likeness (QED) is 0.547. The van der Waals surface area contributed by atoms with Gasteiger partial charge in [0.2, 0.25) is 10.0 Å². The average molecular weight is 398 g/mol.